The molecule has 4 aliphatic rings. The standard InChI is InChI=1S/C42H73N3O8/c1-9-36-33(26-45-18-11-10-12-19-45)23-28(3)13-14-34(46)29(4)24-32(17-22-44-20-15-27(2)16-21-44)41(30(5)35(47)25-37(48)52-36)53-42-40(50)38(43(7)8)39(49)31(6)51-42/h13-14,23,27,29-33,35-36,38-42,47,49-50H,9-12,15-22,24-26H2,1-8H3/b14-13+,28-23+. The number of hydrogen-bond acceptors (Lipinski definition) is 11. The number of esters is 1. The van der Waals surface area contributed by atoms with E-state index in [1.54, 1.807) is 32.0 Å². The van der Waals surface area contributed by atoms with E-state index >= 15 is 0 Å². The Hall–Kier alpha value is -1.70. The Kier molecular flexibility index (Phi) is 17.4. The number of carbonyl (C=O) groups is 2. The van der Waals surface area contributed by atoms with Crippen LogP contribution in [0.3, 0.4) is 0 Å². The Balaban J connectivity index is 1.68. The monoisotopic (exact) mass is 748 g/mol. The number of ketones is 1. The molecule has 3 N–H and O–H groups in total. The molecule has 4 aliphatic heterocycles. The van der Waals surface area contributed by atoms with Crippen LogP contribution in [0.2, 0.25) is 0 Å². The van der Waals surface area contributed by atoms with Crippen LogP contribution >= 0.6 is 0 Å². The molecule has 12 unspecified atom stereocenters. The molecular formula is C42H73N3O8. The number of likely N-dealkylation sites (tertiary alicyclic amines) is 2. The van der Waals surface area contributed by atoms with Crippen molar-refractivity contribution in [1.82, 2.24) is 14.7 Å². The number of aliphatic hydroxyl groups is 3. The quantitative estimate of drug-likeness (QED) is 0.290. The van der Waals surface area contributed by atoms with Crippen molar-refractivity contribution >= 4 is 11.8 Å². The van der Waals surface area contributed by atoms with Crippen LogP contribution in [0.25, 0.3) is 0 Å². The van der Waals surface area contributed by atoms with E-state index in [1.807, 2.05) is 33.8 Å². The zero-order valence-electron chi connectivity index (χ0n) is 34.1. The second kappa shape index (κ2) is 21.0. The Morgan fingerprint density at radius 3 is 2.25 bits per heavy atom. The van der Waals surface area contributed by atoms with Crippen molar-refractivity contribution < 1.29 is 39.1 Å². The molecule has 0 radical (unpaired) electrons. The van der Waals surface area contributed by atoms with Crippen molar-refractivity contribution in [3.63, 3.8) is 0 Å². The van der Waals surface area contributed by atoms with Crippen LogP contribution in [0.5, 0.6) is 0 Å². The van der Waals surface area contributed by atoms with Gasteiger partial charge in [0.25, 0.3) is 0 Å². The zero-order chi connectivity index (χ0) is 38.8. The highest BCUT2D eigenvalue weighted by Gasteiger charge is 2.47. The minimum atomic E-state index is -1.17. The Labute approximate surface area is 320 Å². The van der Waals surface area contributed by atoms with Crippen molar-refractivity contribution in [2.24, 2.45) is 29.6 Å². The van der Waals surface area contributed by atoms with E-state index in [0.717, 1.165) is 70.5 Å². The molecule has 0 bridgehead atoms. The highest BCUT2D eigenvalue weighted by atomic mass is 16.7. The maximum Gasteiger partial charge on any atom is 0.308 e. The van der Waals surface area contributed by atoms with Gasteiger partial charge in [0.2, 0.25) is 0 Å². The number of rotatable bonds is 9. The number of nitrogens with zero attached hydrogens (tertiary/aromatic N) is 3. The van der Waals surface area contributed by atoms with Gasteiger partial charge in [0.05, 0.1) is 36.9 Å². The van der Waals surface area contributed by atoms with Gasteiger partial charge in [-0.05, 0) is 124 Å². The van der Waals surface area contributed by atoms with Gasteiger partial charge in [0.1, 0.15) is 12.2 Å². The maximum absolute atomic E-state index is 13.8. The third-order valence-corrected chi connectivity index (χ3v) is 12.6. The first kappa shape index (κ1) is 44.0. The second-order valence-electron chi connectivity index (χ2n) is 17.2. The van der Waals surface area contributed by atoms with Crippen molar-refractivity contribution in [3.05, 3.63) is 23.8 Å². The number of aliphatic hydroxyl groups excluding tert-OH is 3. The third-order valence-electron chi connectivity index (χ3n) is 12.6. The largest absolute Gasteiger partial charge is 0.462 e. The molecule has 11 heteroatoms. The van der Waals surface area contributed by atoms with Gasteiger partial charge in [-0.25, -0.2) is 0 Å². The molecule has 0 amide bonds. The van der Waals surface area contributed by atoms with E-state index in [-0.39, 0.29) is 36.1 Å². The number of carbonyl (C=O) groups excluding carboxylic acids is 2. The fourth-order valence-electron chi connectivity index (χ4n) is 8.93. The lowest BCUT2D eigenvalue weighted by molar-refractivity contribution is -0.304. The SMILES string of the molecule is CCC1OC(=O)CC(O)C(C)C(OC2OC(C)C(O)C(N(C)C)C2O)C(CCN2CCC(C)CC2)CC(C)C(=O)/C=C/C(C)=C/C1CN1CCCCC1. The van der Waals surface area contributed by atoms with E-state index in [9.17, 15) is 24.9 Å². The van der Waals surface area contributed by atoms with Crippen molar-refractivity contribution in [2.75, 3.05) is 53.4 Å². The highest BCUT2D eigenvalue weighted by molar-refractivity contribution is 5.91. The molecule has 3 saturated heterocycles. The lowest BCUT2D eigenvalue weighted by Gasteiger charge is -2.47. The fraction of sp³-hybridized carbons (Fsp3) is 0.857. The Bertz CT molecular complexity index is 1200. The van der Waals surface area contributed by atoms with Gasteiger partial charge in [-0.15, -0.1) is 0 Å². The normalized spacial score (nSPS) is 40.1. The lowest BCUT2D eigenvalue weighted by atomic mass is 9.79. The van der Waals surface area contributed by atoms with E-state index in [4.69, 9.17) is 14.2 Å². The summed E-state index contributed by atoms with van der Waals surface area (Å²) in [5, 5.41) is 34.3. The minimum absolute atomic E-state index is 0.0259. The summed E-state index contributed by atoms with van der Waals surface area (Å²) >= 11 is 0. The van der Waals surface area contributed by atoms with Gasteiger partial charge in [0, 0.05) is 24.3 Å². The summed E-state index contributed by atoms with van der Waals surface area (Å²) < 4.78 is 19.1. The molecule has 0 aromatic rings. The molecular weight excluding hydrogens is 674 g/mol. The van der Waals surface area contributed by atoms with Gasteiger partial charge in [0.15, 0.2) is 12.1 Å². The van der Waals surface area contributed by atoms with Crippen LogP contribution in [0.1, 0.15) is 99.3 Å². The summed E-state index contributed by atoms with van der Waals surface area (Å²) in [4.78, 5) is 34.2. The molecule has 4 heterocycles. The maximum atomic E-state index is 13.8. The molecule has 0 aromatic heterocycles. The fourth-order valence-corrected chi connectivity index (χ4v) is 8.93. The molecule has 4 rings (SSSR count). The first-order valence-electron chi connectivity index (χ1n) is 20.7. The summed E-state index contributed by atoms with van der Waals surface area (Å²) in [5.74, 6) is -0.903. The van der Waals surface area contributed by atoms with E-state index < -0.39 is 54.7 Å². The van der Waals surface area contributed by atoms with Gasteiger partial charge in [-0.2, -0.15) is 0 Å². The van der Waals surface area contributed by atoms with Crippen molar-refractivity contribution in [1.29, 1.82) is 0 Å². The number of piperidine rings is 2. The van der Waals surface area contributed by atoms with E-state index in [0.29, 0.717) is 25.2 Å². The van der Waals surface area contributed by atoms with Crippen LogP contribution < -0.4 is 0 Å². The molecule has 12 atom stereocenters. The number of likely N-dealkylation sites (N-methyl/N-ethyl adjacent to an activating group) is 1. The topological polar surface area (TPSA) is 132 Å². The summed E-state index contributed by atoms with van der Waals surface area (Å²) in [6.45, 7) is 17.5. The average Bonchev–Trinajstić information content (AvgIpc) is 3.12. The highest BCUT2D eigenvalue weighted by Crippen LogP contribution is 2.35. The molecule has 0 saturated carbocycles. The second-order valence-corrected chi connectivity index (χ2v) is 17.2. The van der Waals surface area contributed by atoms with Crippen LogP contribution in [0.15, 0.2) is 23.8 Å². The summed E-state index contributed by atoms with van der Waals surface area (Å²) in [7, 11) is 3.61. The molecule has 3 fully saturated rings. The molecule has 0 spiro atoms. The molecule has 11 nitrogen and oxygen atoms in total. The van der Waals surface area contributed by atoms with Gasteiger partial charge >= 0.3 is 5.97 Å². The summed E-state index contributed by atoms with van der Waals surface area (Å²) in [6.07, 6.45) is 7.20. The van der Waals surface area contributed by atoms with Crippen molar-refractivity contribution in [2.45, 2.75) is 148 Å². The Morgan fingerprint density at radius 1 is 0.925 bits per heavy atom. The van der Waals surface area contributed by atoms with Crippen molar-refractivity contribution in [3.8, 4) is 0 Å². The molecule has 0 aromatic carbocycles. The van der Waals surface area contributed by atoms with Gasteiger partial charge in [-0.3, -0.25) is 9.59 Å². The lowest BCUT2D eigenvalue weighted by Crippen LogP contribution is -2.63. The predicted octanol–water partition coefficient (Wildman–Crippen LogP) is 4.43. The number of ether oxygens (including phenoxy) is 3. The van der Waals surface area contributed by atoms with Gasteiger partial charge in [-0.1, -0.05) is 51.8 Å². The Morgan fingerprint density at radius 2 is 1.60 bits per heavy atom. The van der Waals surface area contributed by atoms with Crippen LogP contribution in [0.4, 0.5) is 0 Å². The van der Waals surface area contributed by atoms with E-state index in [2.05, 4.69) is 22.8 Å². The summed E-state index contributed by atoms with van der Waals surface area (Å²) in [6, 6.07) is -0.635. The van der Waals surface area contributed by atoms with Gasteiger partial charge < -0.3 is 44.2 Å². The third kappa shape index (κ3) is 12.7. The first-order valence-corrected chi connectivity index (χ1v) is 20.7. The van der Waals surface area contributed by atoms with Crippen LogP contribution in [-0.4, -0.2) is 144 Å². The first-order chi connectivity index (χ1) is 25.2. The molecule has 0 aliphatic carbocycles. The van der Waals surface area contributed by atoms with E-state index in [1.165, 1.54) is 6.42 Å². The zero-order valence-corrected chi connectivity index (χ0v) is 34.1. The average molecular weight is 748 g/mol. The summed E-state index contributed by atoms with van der Waals surface area (Å²) in [5.41, 5.74) is 0.954. The predicted molar refractivity (Wildman–Crippen MR) is 207 cm³/mol. The minimum Gasteiger partial charge on any atom is -0.462 e. The number of cyclic esters (lactones) is 1. The molecule has 53 heavy (non-hydrogen) atoms. The number of allylic oxidation sites excluding steroid dienone is 3. The molecule has 304 valence electrons. The van der Waals surface area contributed by atoms with Crippen LogP contribution in [-0.2, 0) is 23.8 Å². The van der Waals surface area contributed by atoms with Crippen LogP contribution in [0, 0.1) is 29.6 Å². The number of hydrogen-bond donors (Lipinski definition) is 3. The smallest absolute Gasteiger partial charge is 0.308 e.